The lowest BCUT2D eigenvalue weighted by atomic mass is 9.81. The number of hydrogen-bond acceptors (Lipinski definition) is 3. The van der Waals surface area contributed by atoms with E-state index in [9.17, 15) is 9.59 Å². The van der Waals surface area contributed by atoms with Crippen molar-refractivity contribution in [2.24, 2.45) is 0 Å². The molecule has 2 aliphatic rings. The minimum atomic E-state index is -0.718. The number of aromatic nitrogens is 1. The molecule has 5 heteroatoms. The van der Waals surface area contributed by atoms with Crippen LogP contribution in [0.15, 0.2) is 42.6 Å². The average Bonchev–Trinajstić information content (AvgIpc) is 2.87. The monoisotopic (exact) mass is 335 g/mol. The highest BCUT2D eigenvalue weighted by atomic mass is 16.2. The third-order valence-electron chi connectivity index (χ3n) is 5.28. The summed E-state index contributed by atoms with van der Waals surface area (Å²) in [6.45, 7) is 1.83. The average molecular weight is 335 g/mol. The van der Waals surface area contributed by atoms with E-state index in [1.807, 2.05) is 43.3 Å². The predicted octanol–water partition coefficient (Wildman–Crippen LogP) is 3.82. The molecule has 0 atom stereocenters. The highest BCUT2D eigenvalue weighted by molar-refractivity contribution is 6.23. The molecular formula is C20H21N3O2. The summed E-state index contributed by atoms with van der Waals surface area (Å²) in [7, 11) is 0. The van der Waals surface area contributed by atoms with Crippen LogP contribution in [0, 0.1) is 6.92 Å². The van der Waals surface area contributed by atoms with E-state index in [0.717, 1.165) is 43.2 Å². The Hall–Kier alpha value is -2.69. The second-order valence-electron chi connectivity index (χ2n) is 6.91. The number of anilines is 1. The maximum atomic E-state index is 13.1. The van der Waals surface area contributed by atoms with Gasteiger partial charge in [-0.3, -0.25) is 9.78 Å². The second kappa shape index (κ2) is 5.99. The Kier molecular flexibility index (Phi) is 3.79. The molecule has 3 amide bonds. The summed E-state index contributed by atoms with van der Waals surface area (Å²) in [4.78, 5) is 31.5. The zero-order valence-electron chi connectivity index (χ0n) is 14.3. The van der Waals surface area contributed by atoms with Gasteiger partial charge in [0.15, 0.2) is 0 Å². The molecule has 0 bridgehead atoms. The minimum Gasteiger partial charge on any atom is -0.323 e. The molecule has 5 nitrogen and oxygen atoms in total. The van der Waals surface area contributed by atoms with Crippen molar-refractivity contribution in [1.29, 1.82) is 0 Å². The van der Waals surface area contributed by atoms with E-state index in [0.29, 0.717) is 11.4 Å². The number of nitrogens with zero attached hydrogens (tertiary/aromatic N) is 2. The zero-order valence-corrected chi connectivity index (χ0v) is 14.3. The van der Waals surface area contributed by atoms with Gasteiger partial charge in [0.2, 0.25) is 0 Å². The topological polar surface area (TPSA) is 62.3 Å². The molecule has 1 aromatic carbocycles. The van der Waals surface area contributed by atoms with Gasteiger partial charge in [-0.05, 0) is 31.4 Å². The molecule has 1 aliphatic carbocycles. The minimum absolute atomic E-state index is 0.132. The van der Waals surface area contributed by atoms with Crippen molar-refractivity contribution < 1.29 is 9.59 Å². The number of rotatable bonds is 2. The van der Waals surface area contributed by atoms with Crippen molar-refractivity contribution in [3.8, 4) is 11.1 Å². The largest absolute Gasteiger partial charge is 0.329 e. The van der Waals surface area contributed by atoms with Gasteiger partial charge < -0.3 is 5.32 Å². The van der Waals surface area contributed by atoms with E-state index >= 15 is 0 Å². The first-order valence-electron chi connectivity index (χ1n) is 8.79. The summed E-state index contributed by atoms with van der Waals surface area (Å²) >= 11 is 0. The van der Waals surface area contributed by atoms with E-state index in [2.05, 4.69) is 10.3 Å². The van der Waals surface area contributed by atoms with Crippen LogP contribution >= 0.6 is 0 Å². The lowest BCUT2D eigenvalue weighted by Crippen LogP contribution is -2.48. The Morgan fingerprint density at radius 3 is 2.48 bits per heavy atom. The van der Waals surface area contributed by atoms with Crippen molar-refractivity contribution in [1.82, 2.24) is 10.3 Å². The van der Waals surface area contributed by atoms with Crippen LogP contribution in [-0.4, -0.2) is 22.5 Å². The van der Waals surface area contributed by atoms with E-state index in [4.69, 9.17) is 0 Å². The molecular weight excluding hydrogens is 314 g/mol. The Labute approximate surface area is 147 Å². The number of aryl methyl sites for hydroxylation is 1. The normalized spacial score (nSPS) is 19.3. The van der Waals surface area contributed by atoms with Crippen LogP contribution in [0.2, 0.25) is 0 Å². The van der Waals surface area contributed by atoms with E-state index in [1.54, 1.807) is 6.20 Å². The van der Waals surface area contributed by atoms with Gasteiger partial charge in [-0.15, -0.1) is 0 Å². The molecule has 2 aromatic rings. The lowest BCUT2D eigenvalue weighted by molar-refractivity contribution is -0.123. The molecule has 25 heavy (non-hydrogen) atoms. The van der Waals surface area contributed by atoms with E-state index in [-0.39, 0.29) is 11.9 Å². The van der Waals surface area contributed by atoms with Gasteiger partial charge in [-0.2, -0.15) is 0 Å². The zero-order chi connectivity index (χ0) is 17.4. The van der Waals surface area contributed by atoms with Crippen molar-refractivity contribution in [2.75, 3.05) is 4.90 Å². The Bertz CT molecular complexity index is 826. The molecule has 0 unspecified atom stereocenters. The van der Waals surface area contributed by atoms with Gasteiger partial charge >= 0.3 is 6.03 Å². The molecule has 2 fully saturated rings. The molecule has 1 aromatic heterocycles. The summed E-state index contributed by atoms with van der Waals surface area (Å²) in [6, 6.07) is 11.4. The predicted molar refractivity (Wildman–Crippen MR) is 96.2 cm³/mol. The summed E-state index contributed by atoms with van der Waals surface area (Å²) in [6.07, 6.45) is 6.29. The molecule has 1 spiro atoms. The van der Waals surface area contributed by atoms with Gasteiger partial charge in [0.05, 0.1) is 11.4 Å². The molecule has 1 aliphatic heterocycles. The van der Waals surface area contributed by atoms with E-state index < -0.39 is 5.54 Å². The molecule has 0 radical (unpaired) electrons. The fraction of sp³-hybridized carbons (Fsp3) is 0.350. The Morgan fingerprint density at radius 1 is 1.04 bits per heavy atom. The van der Waals surface area contributed by atoms with Gasteiger partial charge in [-0.1, -0.05) is 49.6 Å². The number of urea groups is 1. The molecule has 2 heterocycles. The van der Waals surface area contributed by atoms with E-state index in [1.165, 1.54) is 4.90 Å². The summed E-state index contributed by atoms with van der Waals surface area (Å²) in [5.41, 5.74) is 2.44. The number of benzene rings is 1. The number of amides is 3. The summed E-state index contributed by atoms with van der Waals surface area (Å²) < 4.78 is 0. The SMILES string of the molecule is Cc1ncc(-c2ccccc2)cc1N1C(=O)NC2(CCCCC2)C1=O. The highest BCUT2D eigenvalue weighted by Gasteiger charge is 2.52. The fourth-order valence-electron chi connectivity index (χ4n) is 3.87. The van der Waals surface area contributed by atoms with Crippen molar-refractivity contribution in [3.63, 3.8) is 0 Å². The highest BCUT2D eigenvalue weighted by Crippen LogP contribution is 2.37. The van der Waals surface area contributed by atoms with Crippen LogP contribution in [0.3, 0.4) is 0 Å². The molecule has 4 rings (SSSR count). The third-order valence-corrected chi connectivity index (χ3v) is 5.28. The second-order valence-corrected chi connectivity index (χ2v) is 6.91. The maximum absolute atomic E-state index is 13.1. The van der Waals surface area contributed by atoms with Crippen molar-refractivity contribution >= 4 is 17.6 Å². The van der Waals surface area contributed by atoms with Crippen LogP contribution in [0.4, 0.5) is 10.5 Å². The first-order chi connectivity index (χ1) is 12.1. The molecule has 128 valence electrons. The summed E-state index contributed by atoms with van der Waals surface area (Å²) in [5.74, 6) is -0.132. The summed E-state index contributed by atoms with van der Waals surface area (Å²) in [5, 5.41) is 2.96. The van der Waals surface area contributed by atoms with Crippen LogP contribution in [-0.2, 0) is 4.79 Å². The smallest absolute Gasteiger partial charge is 0.323 e. The van der Waals surface area contributed by atoms with Gasteiger partial charge in [0.25, 0.3) is 5.91 Å². The number of carbonyl (C=O) groups is 2. The van der Waals surface area contributed by atoms with Crippen LogP contribution in [0.1, 0.15) is 37.8 Å². The molecule has 1 saturated heterocycles. The fourth-order valence-corrected chi connectivity index (χ4v) is 3.87. The quantitative estimate of drug-likeness (QED) is 0.849. The van der Waals surface area contributed by atoms with Crippen LogP contribution < -0.4 is 10.2 Å². The number of hydrogen-bond donors (Lipinski definition) is 1. The molecule has 1 saturated carbocycles. The first kappa shape index (κ1) is 15.8. The lowest BCUT2D eigenvalue weighted by Gasteiger charge is -2.30. The third kappa shape index (κ3) is 2.60. The van der Waals surface area contributed by atoms with Crippen molar-refractivity contribution in [2.45, 2.75) is 44.6 Å². The number of carbonyl (C=O) groups excluding carboxylic acids is 2. The Morgan fingerprint density at radius 2 is 1.76 bits per heavy atom. The number of nitrogens with one attached hydrogen (secondary N) is 1. The van der Waals surface area contributed by atoms with Gasteiger partial charge in [-0.25, -0.2) is 9.69 Å². The standard InChI is InChI=1S/C20H21N3O2/c1-14-17(12-16(13-21-14)15-8-4-2-5-9-15)23-18(24)20(22-19(23)25)10-6-3-7-11-20/h2,4-5,8-9,12-13H,3,6-7,10-11H2,1H3,(H,22,25). The van der Waals surface area contributed by atoms with Crippen molar-refractivity contribution in [3.05, 3.63) is 48.3 Å². The van der Waals surface area contributed by atoms with Gasteiger partial charge in [0, 0.05) is 11.8 Å². The van der Waals surface area contributed by atoms with Crippen LogP contribution in [0.25, 0.3) is 11.1 Å². The van der Waals surface area contributed by atoms with Crippen LogP contribution in [0.5, 0.6) is 0 Å². The van der Waals surface area contributed by atoms with Gasteiger partial charge in [0.1, 0.15) is 5.54 Å². The first-order valence-corrected chi connectivity index (χ1v) is 8.79. The Balaban J connectivity index is 1.74. The maximum Gasteiger partial charge on any atom is 0.329 e. The number of pyridine rings is 1. The number of imide groups is 1. The molecule has 1 N–H and O–H groups in total.